The molecule has 4 nitrogen and oxygen atoms in total. The van der Waals surface area contributed by atoms with Crippen LogP contribution in [0, 0.1) is 0 Å². The summed E-state index contributed by atoms with van der Waals surface area (Å²) in [6.45, 7) is 0. The summed E-state index contributed by atoms with van der Waals surface area (Å²) in [5, 5.41) is 2.78. The predicted octanol–water partition coefficient (Wildman–Crippen LogP) is 2.68. The van der Waals surface area contributed by atoms with E-state index in [0.29, 0.717) is 17.1 Å². The molecular weight excluding hydrogens is 282 g/mol. The van der Waals surface area contributed by atoms with Crippen molar-refractivity contribution in [1.82, 2.24) is 4.98 Å². The highest BCUT2D eigenvalue weighted by Gasteiger charge is 2.08. The molecule has 3 N–H and O–H groups in total. The normalized spacial score (nSPS) is 9.94. The second-order valence-corrected chi connectivity index (χ2v) is 4.26. The summed E-state index contributed by atoms with van der Waals surface area (Å²) in [5.74, 6) is 0.107. The Balaban J connectivity index is 2.20. The lowest BCUT2D eigenvalue weighted by Crippen LogP contribution is -2.12. The van der Waals surface area contributed by atoms with Crippen LogP contribution in [0.15, 0.2) is 47.1 Å². The molecule has 1 aromatic heterocycles. The number of nitrogens with zero attached hydrogens (tertiary/aromatic N) is 1. The first-order valence-electron chi connectivity index (χ1n) is 4.94. The SMILES string of the molecule is Nc1cc(C(=O)Nc2ccccc2Br)ccn1. The van der Waals surface area contributed by atoms with Crippen LogP contribution >= 0.6 is 15.9 Å². The van der Waals surface area contributed by atoms with Crippen LogP contribution < -0.4 is 11.1 Å². The van der Waals surface area contributed by atoms with Gasteiger partial charge in [0.1, 0.15) is 5.82 Å². The van der Waals surface area contributed by atoms with Gasteiger partial charge in [0.2, 0.25) is 0 Å². The molecule has 0 unspecified atom stereocenters. The average molecular weight is 292 g/mol. The van der Waals surface area contributed by atoms with E-state index in [1.807, 2.05) is 24.3 Å². The number of nitrogens with two attached hydrogens (primary N) is 1. The minimum atomic E-state index is -0.217. The number of nitrogen functional groups attached to an aromatic ring is 1. The van der Waals surface area contributed by atoms with Crippen LogP contribution in [0.3, 0.4) is 0 Å². The molecule has 1 heterocycles. The van der Waals surface area contributed by atoms with Gasteiger partial charge in [0.15, 0.2) is 0 Å². The Morgan fingerprint density at radius 3 is 2.76 bits per heavy atom. The van der Waals surface area contributed by atoms with E-state index in [4.69, 9.17) is 5.73 Å². The molecule has 1 amide bonds. The van der Waals surface area contributed by atoms with Crippen LogP contribution in [0.5, 0.6) is 0 Å². The molecule has 0 aliphatic rings. The topological polar surface area (TPSA) is 68.0 Å². The minimum absolute atomic E-state index is 0.217. The van der Waals surface area contributed by atoms with Crippen molar-refractivity contribution < 1.29 is 4.79 Å². The highest BCUT2D eigenvalue weighted by molar-refractivity contribution is 9.10. The van der Waals surface area contributed by atoms with Crippen LogP contribution in [0.2, 0.25) is 0 Å². The molecule has 86 valence electrons. The summed E-state index contributed by atoms with van der Waals surface area (Å²) in [6.07, 6.45) is 1.50. The van der Waals surface area contributed by atoms with Crippen molar-refractivity contribution in [1.29, 1.82) is 0 Å². The summed E-state index contributed by atoms with van der Waals surface area (Å²) in [6, 6.07) is 10.5. The zero-order chi connectivity index (χ0) is 12.3. The highest BCUT2D eigenvalue weighted by Crippen LogP contribution is 2.21. The zero-order valence-corrected chi connectivity index (χ0v) is 10.4. The number of aromatic nitrogens is 1. The Morgan fingerprint density at radius 1 is 1.29 bits per heavy atom. The molecule has 0 aliphatic heterocycles. The van der Waals surface area contributed by atoms with Gasteiger partial charge in [0, 0.05) is 16.2 Å². The van der Waals surface area contributed by atoms with E-state index in [9.17, 15) is 4.79 Å². The second kappa shape index (κ2) is 4.97. The largest absolute Gasteiger partial charge is 0.384 e. The van der Waals surface area contributed by atoms with Crippen molar-refractivity contribution in [3.05, 3.63) is 52.6 Å². The van der Waals surface area contributed by atoms with E-state index < -0.39 is 0 Å². The standard InChI is InChI=1S/C12H10BrN3O/c13-9-3-1-2-4-10(9)16-12(17)8-5-6-15-11(14)7-8/h1-7H,(H2,14,15)(H,16,17). The minimum Gasteiger partial charge on any atom is -0.384 e. The number of benzene rings is 1. The second-order valence-electron chi connectivity index (χ2n) is 3.40. The lowest BCUT2D eigenvalue weighted by molar-refractivity contribution is 0.102. The quantitative estimate of drug-likeness (QED) is 0.894. The molecule has 5 heteroatoms. The van der Waals surface area contributed by atoms with Gasteiger partial charge >= 0.3 is 0 Å². The van der Waals surface area contributed by atoms with Crippen molar-refractivity contribution in [2.45, 2.75) is 0 Å². The van der Waals surface area contributed by atoms with Gasteiger partial charge in [-0.3, -0.25) is 4.79 Å². The van der Waals surface area contributed by atoms with E-state index >= 15 is 0 Å². The maximum atomic E-state index is 11.9. The van der Waals surface area contributed by atoms with Crippen LogP contribution in [0.1, 0.15) is 10.4 Å². The Bertz CT molecular complexity index is 557. The molecule has 0 spiro atoms. The fraction of sp³-hybridized carbons (Fsp3) is 0. The Kier molecular flexibility index (Phi) is 3.39. The number of hydrogen-bond acceptors (Lipinski definition) is 3. The summed E-state index contributed by atoms with van der Waals surface area (Å²) < 4.78 is 0.829. The van der Waals surface area contributed by atoms with Gasteiger partial charge in [0.05, 0.1) is 5.69 Å². The van der Waals surface area contributed by atoms with Gasteiger partial charge in [-0.05, 0) is 40.2 Å². The van der Waals surface area contributed by atoms with Crippen molar-refractivity contribution in [2.75, 3.05) is 11.1 Å². The molecule has 0 saturated heterocycles. The third kappa shape index (κ3) is 2.82. The fourth-order valence-corrected chi connectivity index (χ4v) is 1.73. The Labute approximate surface area is 107 Å². The first kappa shape index (κ1) is 11.6. The summed E-state index contributed by atoms with van der Waals surface area (Å²) in [4.78, 5) is 15.7. The number of halogens is 1. The van der Waals surface area contributed by atoms with Crippen molar-refractivity contribution in [3.8, 4) is 0 Å². The third-order valence-electron chi connectivity index (χ3n) is 2.17. The van der Waals surface area contributed by atoms with Crippen molar-refractivity contribution in [2.24, 2.45) is 0 Å². The molecule has 0 fully saturated rings. The lowest BCUT2D eigenvalue weighted by Gasteiger charge is -2.07. The van der Waals surface area contributed by atoms with E-state index in [1.54, 1.807) is 6.07 Å². The molecule has 0 saturated carbocycles. The summed E-state index contributed by atoms with van der Waals surface area (Å²) in [5.41, 5.74) is 6.71. The number of carbonyl (C=O) groups is 1. The molecule has 2 aromatic rings. The summed E-state index contributed by atoms with van der Waals surface area (Å²) >= 11 is 3.36. The Morgan fingerprint density at radius 2 is 2.06 bits per heavy atom. The molecule has 0 aliphatic carbocycles. The van der Waals surface area contributed by atoms with Crippen LogP contribution in [0.4, 0.5) is 11.5 Å². The van der Waals surface area contributed by atoms with Crippen LogP contribution in [-0.4, -0.2) is 10.9 Å². The Hall–Kier alpha value is -1.88. The number of nitrogens with one attached hydrogen (secondary N) is 1. The average Bonchev–Trinajstić information content (AvgIpc) is 2.32. The number of amides is 1. The van der Waals surface area contributed by atoms with Crippen LogP contribution in [-0.2, 0) is 0 Å². The zero-order valence-electron chi connectivity index (χ0n) is 8.85. The first-order chi connectivity index (χ1) is 8.16. The molecule has 17 heavy (non-hydrogen) atoms. The smallest absolute Gasteiger partial charge is 0.255 e. The van der Waals surface area contributed by atoms with Gasteiger partial charge < -0.3 is 11.1 Å². The van der Waals surface area contributed by atoms with Gasteiger partial charge in [-0.15, -0.1) is 0 Å². The maximum absolute atomic E-state index is 11.9. The number of rotatable bonds is 2. The third-order valence-corrected chi connectivity index (χ3v) is 2.86. The van der Waals surface area contributed by atoms with E-state index in [-0.39, 0.29) is 5.91 Å². The van der Waals surface area contributed by atoms with Gasteiger partial charge in [0.25, 0.3) is 5.91 Å². The lowest BCUT2D eigenvalue weighted by atomic mass is 10.2. The van der Waals surface area contributed by atoms with E-state index in [0.717, 1.165) is 4.47 Å². The molecule has 0 bridgehead atoms. The number of carbonyl (C=O) groups excluding carboxylic acids is 1. The molecule has 1 aromatic carbocycles. The summed E-state index contributed by atoms with van der Waals surface area (Å²) in [7, 11) is 0. The highest BCUT2D eigenvalue weighted by atomic mass is 79.9. The molecular formula is C12H10BrN3O. The van der Waals surface area contributed by atoms with Gasteiger partial charge in [-0.1, -0.05) is 12.1 Å². The monoisotopic (exact) mass is 291 g/mol. The van der Waals surface area contributed by atoms with Crippen molar-refractivity contribution >= 4 is 33.3 Å². The van der Waals surface area contributed by atoms with Gasteiger partial charge in [-0.2, -0.15) is 0 Å². The van der Waals surface area contributed by atoms with Crippen LogP contribution in [0.25, 0.3) is 0 Å². The number of pyridine rings is 1. The predicted molar refractivity (Wildman–Crippen MR) is 70.7 cm³/mol. The number of para-hydroxylation sites is 1. The number of hydrogen-bond donors (Lipinski definition) is 2. The van der Waals surface area contributed by atoms with E-state index in [2.05, 4.69) is 26.2 Å². The first-order valence-corrected chi connectivity index (χ1v) is 5.73. The molecule has 0 radical (unpaired) electrons. The molecule has 0 atom stereocenters. The molecule has 2 rings (SSSR count). The van der Waals surface area contributed by atoms with E-state index in [1.165, 1.54) is 12.3 Å². The maximum Gasteiger partial charge on any atom is 0.255 e. The van der Waals surface area contributed by atoms with Gasteiger partial charge in [-0.25, -0.2) is 4.98 Å². The number of anilines is 2. The fourth-order valence-electron chi connectivity index (χ4n) is 1.35. The van der Waals surface area contributed by atoms with Crippen molar-refractivity contribution in [3.63, 3.8) is 0 Å².